The highest BCUT2D eigenvalue weighted by atomic mass is 16.5. The van der Waals surface area contributed by atoms with Crippen LogP contribution in [0.5, 0.6) is 11.5 Å². The van der Waals surface area contributed by atoms with Crippen molar-refractivity contribution in [3.8, 4) is 11.5 Å². The minimum absolute atomic E-state index is 0.0562. The first kappa shape index (κ1) is 26.0. The number of hydrogen-bond donors (Lipinski definition) is 1. The topological polar surface area (TPSA) is 71.1 Å². The normalized spacial score (nSPS) is 18.4. The van der Waals surface area contributed by atoms with Crippen LogP contribution in [-0.4, -0.2) is 68.6 Å². The fourth-order valence-electron chi connectivity index (χ4n) is 5.57. The van der Waals surface area contributed by atoms with Gasteiger partial charge in [-0.1, -0.05) is 44.5 Å². The second-order valence-electron chi connectivity index (χ2n) is 9.60. The third kappa shape index (κ3) is 5.07. The summed E-state index contributed by atoms with van der Waals surface area (Å²) in [6, 6.07) is 11.4. The minimum atomic E-state index is -0.527. The van der Waals surface area contributed by atoms with Crippen LogP contribution in [0.4, 0.5) is 0 Å². The molecule has 0 fully saturated rings. The number of methoxy groups -OCH3 is 2. The van der Waals surface area contributed by atoms with E-state index in [9.17, 15) is 9.59 Å². The molecule has 2 aliphatic rings. The van der Waals surface area contributed by atoms with E-state index in [-0.39, 0.29) is 17.9 Å². The predicted octanol–water partition coefficient (Wildman–Crippen LogP) is 4.17. The second kappa shape index (κ2) is 11.8. The smallest absolute Gasteiger partial charge is 0.254 e. The van der Waals surface area contributed by atoms with Crippen molar-refractivity contribution in [3.05, 3.63) is 58.7 Å². The average Bonchev–Trinajstić information content (AvgIpc) is 2.91. The van der Waals surface area contributed by atoms with Crippen LogP contribution in [0.25, 0.3) is 0 Å². The Hall–Kier alpha value is -3.06. The van der Waals surface area contributed by atoms with Gasteiger partial charge in [-0.2, -0.15) is 0 Å². The largest absolute Gasteiger partial charge is 0.493 e. The Labute approximate surface area is 214 Å². The fourth-order valence-corrected chi connectivity index (χ4v) is 5.57. The van der Waals surface area contributed by atoms with Gasteiger partial charge in [-0.3, -0.25) is 9.59 Å². The molecule has 2 amide bonds. The highest BCUT2D eigenvalue weighted by molar-refractivity contribution is 6.02. The molecule has 2 unspecified atom stereocenters. The molecule has 2 atom stereocenters. The summed E-state index contributed by atoms with van der Waals surface area (Å²) < 4.78 is 11.0. The first-order valence-corrected chi connectivity index (χ1v) is 13.2. The number of carbonyl (C=O) groups excluding carboxylic acids is 2. The van der Waals surface area contributed by atoms with Crippen molar-refractivity contribution in [1.82, 2.24) is 15.1 Å². The SMILES string of the molecule is CCCCN(CC)CCCNC(=O)C1c2cc(OC)c(OC)cc2C(=O)N2CCc3ccccc3C12. The van der Waals surface area contributed by atoms with Gasteiger partial charge < -0.3 is 24.6 Å². The van der Waals surface area contributed by atoms with Gasteiger partial charge in [-0.25, -0.2) is 0 Å². The zero-order chi connectivity index (χ0) is 25.7. The predicted molar refractivity (Wildman–Crippen MR) is 141 cm³/mol. The van der Waals surface area contributed by atoms with Gasteiger partial charge in [0, 0.05) is 18.7 Å². The van der Waals surface area contributed by atoms with Crippen molar-refractivity contribution in [2.24, 2.45) is 0 Å². The Morgan fingerprint density at radius 2 is 1.78 bits per heavy atom. The van der Waals surface area contributed by atoms with Gasteiger partial charge in [0.15, 0.2) is 11.5 Å². The Kier molecular flexibility index (Phi) is 8.52. The summed E-state index contributed by atoms with van der Waals surface area (Å²) in [6.07, 6.45) is 4.04. The molecule has 2 aromatic rings. The Morgan fingerprint density at radius 3 is 2.50 bits per heavy atom. The molecule has 4 rings (SSSR count). The van der Waals surface area contributed by atoms with E-state index in [4.69, 9.17) is 9.47 Å². The maximum Gasteiger partial charge on any atom is 0.254 e. The molecule has 0 saturated heterocycles. The first-order valence-electron chi connectivity index (χ1n) is 13.2. The van der Waals surface area contributed by atoms with Gasteiger partial charge in [-0.05, 0) is 67.7 Å². The number of nitrogens with zero attached hydrogens (tertiary/aromatic N) is 2. The number of amides is 2. The number of unbranched alkanes of at least 4 members (excludes halogenated alkanes) is 1. The Morgan fingerprint density at radius 1 is 1.06 bits per heavy atom. The molecule has 1 N–H and O–H groups in total. The summed E-state index contributed by atoms with van der Waals surface area (Å²) in [7, 11) is 3.13. The molecule has 194 valence electrons. The first-order chi connectivity index (χ1) is 17.5. The molecule has 2 heterocycles. The van der Waals surface area contributed by atoms with Crippen molar-refractivity contribution < 1.29 is 19.1 Å². The maximum absolute atomic E-state index is 13.8. The average molecular weight is 494 g/mol. The second-order valence-corrected chi connectivity index (χ2v) is 9.60. The molecule has 0 radical (unpaired) electrons. The van der Waals surface area contributed by atoms with E-state index in [0.29, 0.717) is 35.7 Å². The number of carbonyl (C=O) groups is 2. The number of fused-ring (bicyclic) bond motifs is 4. The van der Waals surface area contributed by atoms with Crippen molar-refractivity contribution in [3.63, 3.8) is 0 Å². The lowest BCUT2D eigenvalue weighted by Crippen LogP contribution is -2.50. The molecule has 0 saturated carbocycles. The van der Waals surface area contributed by atoms with E-state index < -0.39 is 5.92 Å². The lowest BCUT2D eigenvalue weighted by Gasteiger charge is -2.45. The number of nitrogens with one attached hydrogen (secondary N) is 1. The van der Waals surface area contributed by atoms with Crippen molar-refractivity contribution in [2.45, 2.75) is 51.5 Å². The van der Waals surface area contributed by atoms with Crippen molar-refractivity contribution in [2.75, 3.05) is 46.9 Å². The minimum Gasteiger partial charge on any atom is -0.493 e. The molecule has 36 heavy (non-hydrogen) atoms. The van der Waals surface area contributed by atoms with E-state index in [1.165, 1.54) is 18.4 Å². The van der Waals surface area contributed by atoms with Crippen LogP contribution < -0.4 is 14.8 Å². The van der Waals surface area contributed by atoms with Gasteiger partial charge in [0.1, 0.15) is 0 Å². The molecular weight excluding hydrogens is 454 g/mol. The molecule has 2 aromatic carbocycles. The van der Waals surface area contributed by atoms with Gasteiger partial charge in [0.25, 0.3) is 5.91 Å². The highest BCUT2D eigenvalue weighted by Crippen LogP contribution is 2.48. The third-order valence-electron chi connectivity index (χ3n) is 7.54. The number of ether oxygens (including phenoxy) is 2. The quantitative estimate of drug-likeness (QED) is 0.476. The molecule has 7 heteroatoms. The molecule has 0 spiro atoms. The van der Waals surface area contributed by atoms with E-state index in [0.717, 1.165) is 38.0 Å². The summed E-state index contributed by atoms with van der Waals surface area (Å²) in [6.45, 7) is 8.64. The molecule has 0 aliphatic carbocycles. The van der Waals surface area contributed by atoms with E-state index >= 15 is 0 Å². The molecule has 0 aromatic heterocycles. The number of rotatable bonds is 11. The third-order valence-corrected chi connectivity index (χ3v) is 7.54. The zero-order valence-corrected chi connectivity index (χ0v) is 22.0. The summed E-state index contributed by atoms with van der Waals surface area (Å²) in [4.78, 5) is 31.8. The van der Waals surface area contributed by atoms with Crippen LogP contribution >= 0.6 is 0 Å². The van der Waals surface area contributed by atoms with Crippen LogP contribution in [0.2, 0.25) is 0 Å². The number of hydrogen-bond acceptors (Lipinski definition) is 5. The summed E-state index contributed by atoms with van der Waals surface area (Å²) in [5, 5.41) is 3.20. The Bertz CT molecular complexity index is 1090. The van der Waals surface area contributed by atoms with Crippen LogP contribution in [0.3, 0.4) is 0 Å². The Balaban J connectivity index is 1.64. The number of benzene rings is 2. The molecular formula is C29H39N3O4. The van der Waals surface area contributed by atoms with Crippen LogP contribution in [0.15, 0.2) is 36.4 Å². The lowest BCUT2D eigenvalue weighted by atomic mass is 9.75. The van der Waals surface area contributed by atoms with Crippen molar-refractivity contribution in [1.29, 1.82) is 0 Å². The maximum atomic E-state index is 13.8. The molecule has 0 bridgehead atoms. The van der Waals surface area contributed by atoms with Crippen LogP contribution in [0.1, 0.15) is 72.1 Å². The van der Waals surface area contributed by atoms with E-state index in [2.05, 4.69) is 36.2 Å². The summed E-state index contributed by atoms with van der Waals surface area (Å²) in [5.41, 5.74) is 3.46. The van der Waals surface area contributed by atoms with Gasteiger partial charge in [0.05, 0.1) is 26.2 Å². The van der Waals surface area contributed by atoms with Gasteiger partial charge in [-0.15, -0.1) is 0 Å². The zero-order valence-electron chi connectivity index (χ0n) is 22.0. The monoisotopic (exact) mass is 493 g/mol. The standard InChI is InChI=1S/C29H39N3O4/c1-5-7-15-31(6-2)16-10-14-30-28(33)26-22-18-24(35-3)25(36-4)19-23(22)29(34)32-17-13-20-11-8-9-12-21(20)27(26)32/h8-9,11-12,18-19,26-27H,5-7,10,13-17H2,1-4H3,(H,30,33). The van der Waals surface area contributed by atoms with Crippen molar-refractivity contribution >= 4 is 11.8 Å². The van der Waals surface area contributed by atoms with Gasteiger partial charge >= 0.3 is 0 Å². The fraction of sp³-hybridized carbons (Fsp3) is 0.517. The van der Waals surface area contributed by atoms with E-state index in [1.54, 1.807) is 20.3 Å². The van der Waals surface area contributed by atoms with Crippen LogP contribution in [0, 0.1) is 0 Å². The summed E-state index contributed by atoms with van der Waals surface area (Å²) in [5.74, 6) is 0.366. The highest BCUT2D eigenvalue weighted by Gasteiger charge is 2.46. The summed E-state index contributed by atoms with van der Waals surface area (Å²) >= 11 is 0. The van der Waals surface area contributed by atoms with Gasteiger partial charge in [0.2, 0.25) is 5.91 Å². The van der Waals surface area contributed by atoms with E-state index in [1.807, 2.05) is 23.1 Å². The lowest BCUT2D eigenvalue weighted by molar-refractivity contribution is -0.124. The molecule has 7 nitrogen and oxygen atoms in total. The molecule has 2 aliphatic heterocycles. The van der Waals surface area contributed by atoms with Crippen LogP contribution in [-0.2, 0) is 11.2 Å².